The zero-order chi connectivity index (χ0) is 20.2. The summed E-state index contributed by atoms with van der Waals surface area (Å²) in [5, 5.41) is 3.53. The van der Waals surface area contributed by atoms with Crippen LogP contribution in [0.15, 0.2) is 12.1 Å². The van der Waals surface area contributed by atoms with Crippen LogP contribution >= 0.6 is 11.3 Å². The lowest BCUT2D eigenvalue weighted by molar-refractivity contribution is 0.0521. The lowest BCUT2D eigenvalue weighted by atomic mass is 10.0. The van der Waals surface area contributed by atoms with Gasteiger partial charge in [0.1, 0.15) is 11.3 Å². The number of ether oxygens (including phenoxy) is 4. The Morgan fingerprint density at radius 3 is 2.59 bits per heavy atom. The fourth-order valence-electron chi connectivity index (χ4n) is 3.80. The van der Waals surface area contributed by atoms with E-state index >= 15 is 0 Å². The summed E-state index contributed by atoms with van der Waals surface area (Å²) < 4.78 is 23.2. The van der Waals surface area contributed by atoms with Crippen LogP contribution in [0.3, 0.4) is 0 Å². The van der Waals surface area contributed by atoms with Crippen molar-refractivity contribution in [2.45, 2.75) is 24.9 Å². The van der Waals surface area contributed by atoms with Crippen molar-refractivity contribution in [1.82, 2.24) is 9.88 Å². The molecule has 1 aromatic carbocycles. The molecule has 29 heavy (non-hydrogen) atoms. The fraction of sp³-hybridized carbons (Fsp3) is 0.600. The molecule has 2 fully saturated rings. The third-order valence-electron chi connectivity index (χ3n) is 5.48. The van der Waals surface area contributed by atoms with E-state index in [9.17, 15) is 4.79 Å². The summed E-state index contributed by atoms with van der Waals surface area (Å²) in [6, 6.07) is 3.84. The number of thiazole rings is 1. The first-order chi connectivity index (χ1) is 14.2. The van der Waals surface area contributed by atoms with E-state index in [1.807, 2.05) is 17.0 Å². The molecule has 4 rings (SSSR count). The summed E-state index contributed by atoms with van der Waals surface area (Å²) >= 11 is 1.47. The monoisotopic (exact) mass is 421 g/mol. The second kappa shape index (κ2) is 9.25. The molecule has 0 radical (unpaired) electrons. The van der Waals surface area contributed by atoms with E-state index < -0.39 is 0 Å². The first-order valence-electron chi connectivity index (χ1n) is 9.91. The van der Waals surface area contributed by atoms with Crippen molar-refractivity contribution in [3.05, 3.63) is 17.7 Å². The molecule has 0 spiro atoms. The Bertz CT molecular complexity index is 842. The van der Waals surface area contributed by atoms with Crippen molar-refractivity contribution in [2.24, 2.45) is 0 Å². The number of piperidine rings is 1. The van der Waals surface area contributed by atoms with E-state index in [4.69, 9.17) is 18.9 Å². The molecule has 0 saturated carbocycles. The van der Waals surface area contributed by atoms with Gasteiger partial charge in [-0.3, -0.25) is 5.32 Å². The second-order valence-corrected chi connectivity index (χ2v) is 8.25. The van der Waals surface area contributed by atoms with Crippen molar-refractivity contribution in [1.29, 1.82) is 0 Å². The number of hydrogen-bond acceptors (Lipinski definition) is 7. The minimum atomic E-state index is -0.125. The number of fused-ring (bicyclic) bond motifs is 1. The Balaban J connectivity index is 1.56. The summed E-state index contributed by atoms with van der Waals surface area (Å²) in [6.45, 7) is 3.80. The van der Waals surface area contributed by atoms with Gasteiger partial charge in [-0.25, -0.2) is 9.78 Å². The summed E-state index contributed by atoms with van der Waals surface area (Å²) in [4.78, 5) is 19.2. The van der Waals surface area contributed by atoms with Crippen molar-refractivity contribution in [3.8, 4) is 5.75 Å². The quantitative estimate of drug-likeness (QED) is 0.817. The van der Waals surface area contributed by atoms with Crippen molar-refractivity contribution >= 4 is 32.7 Å². The molecule has 3 heterocycles. The normalized spacial score (nSPS) is 19.3. The van der Waals surface area contributed by atoms with E-state index in [1.165, 1.54) is 11.3 Å². The molecule has 158 valence electrons. The SMILES string of the molecule is COc1ccc(C2COCCOC2)c2sc(NC(=O)N3CCC(OC)CC3)nc12. The van der Waals surface area contributed by atoms with Crippen LogP contribution in [0.5, 0.6) is 5.75 Å². The van der Waals surface area contributed by atoms with Crippen LogP contribution < -0.4 is 10.1 Å². The van der Waals surface area contributed by atoms with Gasteiger partial charge in [-0.15, -0.1) is 0 Å². The molecular formula is C20H27N3O5S. The topological polar surface area (TPSA) is 82.2 Å². The fourth-order valence-corrected chi connectivity index (χ4v) is 4.87. The molecule has 0 atom stereocenters. The number of benzene rings is 1. The maximum Gasteiger partial charge on any atom is 0.323 e. The third kappa shape index (κ3) is 4.48. The van der Waals surface area contributed by atoms with E-state index in [0.717, 1.165) is 28.6 Å². The number of amides is 2. The molecule has 2 aliphatic rings. The van der Waals surface area contributed by atoms with Gasteiger partial charge in [-0.1, -0.05) is 17.4 Å². The Kier molecular flexibility index (Phi) is 6.49. The molecule has 2 aromatic rings. The lowest BCUT2D eigenvalue weighted by Crippen LogP contribution is -2.42. The van der Waals surface area contributed by atoms with Gasteiger partial charge in [0.05, 0.1) is 44.3 Å². The Labute approximate surface area is 174 Å². The van der Waals surface area contributed by atoms with Gasteiger partial charge in [0.15, 0.2) is 5.13 Å². The molecular weight excluding hydrogens is 394 g/mol. The maximum absolute atomic E-state index is 12.7. The van der Waals surface area contributed by atoms with E-state index in [0.29, 0.717) is 50.4 Å². The third-order valence-corrected chi connectivity index (χ3v) is 6.50. The smallest absolute Gasteiger partial charge is 0.323 e. The average molecular weight is 422 g/mol. The number of urea groups is 1. The molecule has 9 heteroatoms. The molecule has 0 unspecified atom stereocenters. The van der Waals surface area contributed by atoms with Gasteiger partial charge in [-0.05, 0) is 24.5 Å². The predicted octanol–water partition coefficient (Wildman–Crippen LogP) is 3.08. The van der Waals surface area contributed by atoms with Crippen molar-refractivity contribution in [3.63, 3.8) is 0 Å². The molecule has 2 aliphatic heterocycles. The van der Waals surface area contributed by atoms with E-state index in [2.05, 4.69) is 10.3 Å². The summed E-state index contributed by atoms with van der Waals surface area (Å²) in [6.07, 6.45) is 1.93. The lowest BCUT2D eigenvalue weighted by Gasteiger charge is -2.30. The number of nitrogens with one attached hydrogen (secondary N) is 1. The highest BCUT2D eigenvalue weighted by Gasteiger charge is 2.25. The largest absolute Gasteiger partial charge is 0.494 e. The minimum absolute atomic E-state index is 0.125. The van der Waals surface area contributed by atoms with Crippen molar-refractivity contribution in [2.75, 3.05) is 59.1 Å². The first-order valence-corrected chi connectivity index (χ1v) is 10.7. The molecule has 1 N–H and O–H groups in total. The van der Waals surface area contributed by atoms with Gasteiger partial charge in [0, 0.05) is 26.1 Å². The number of hydrogen-bond donors (Lipinski definition) is 1. The van der Waals surface area contributed by atoms with Crippen LogP contribution in [0.25, 0.3) is 10.2 Å². The number of carbonyl (C=O) groups excluding carboxylic acids is 1. The average Bonchev–Trinajstić information content (AvgIpc) is 2.98. The summed E-state index contributed by atoms with van der Waals surface area (Å²) in [5.41, 5.74) is 1.87. The van der Waals surface area contributed by atoms with Gasteiger partial charge < -0.3 is 23.8 Å². The number of rotatable bonds is 4. The Morgan fingerprint density at radius 1 is 1.21 bits per heavy atom. The molecule has 2 saturated heterocycles. The number of methoxy groups -OCH3 is 2. The second-order valence-electron chi connectivity index (χ2n) is 7.25. The van der Waals surface area contributed by atoms with E-state index in [-0.39, 0.29) is 18.1 Å². The van der Waals surface area contributed by atoms with Crippen molar-refractivity contribution < 1.29 is 23.7 Å². The Hall–Kier alpha value is -1.94. The van der Waals surface area contributed by atoms with Crippen LogP contribution in [0.2, 0.25) is 0 Å². The molecule has 8 nitrogen and oxygen atoms in total. The Morgan fingerprint density at radius 2 is 1.93 bits per heavy atom. The van der Waals surface area contributed by atoms with Crippen LogP contribution in [-0.4, -0.2) is 75.8 Å². The predicted molar refractivity (Wildman–Crippen MR) is 111 cm³/mol. The molecule has 0 aliphatic carbocycles. The van der Waals surface area contributed by atoms with Gasteiger partial charge in [0.2, 0.25) is 0 Å². The van der Waals surface area contributed by atoms with Crippen LogP contribution in [0.1, 0.15) is 24.3 Å². The molecule has 1 aromatic heterocycles. The first kappa shape index (κ1) is 20.3. The number of nitrogens with zero attached hydrogens (tertiary/aromatic N) is 2. The molecule has 2 amide bonds. The number of aromatic nitrogens is 1. The highest BCUT2D eigenvalue weighted by atomic mass is 32.1. The van der Waals surface area contributed by atoms with Crippen LogP contribution in [0.4, 0.5) is 9.93 Å². The van der Waals surface area contributed by atoms with Gasteiger partial charge >= 0.3 is 6.03 Å². The van der Waals surface area contributed by atoms with Gasteiger partial charge in [0.25, 0.3) is 0 Å². The standard InChI is InChI=1S/C20H27N3O5S/c1-25-14-5-7-23(8-6-14)20(24)22-19-21-17-16(26-2)4-3-15(18(17)29-19)13-11-27-9-10-28-12-13/h3-4,13-14H,5-12H2,1-2H3,(H,21,22,24). The number of carbonyl (C=O) groups is 1. The zero-order valence-electron chi connectivity index (χ0n) is 16.8. The highest BCUT2D eigenvalue weighted by molar-refractivity contribution is 7.22. The van der Waals surface area contributed by atoms with Crippen LogP contribution in [0, 0.1) is 0 Å². The number of likely N-dealkylation sites (tertiary alicyclic amines) is 1. The number of anilines is 1. The minimum Gasteiger partial charge on any atom is -0.494 e. The zero-order valence-corrected chi connectivity index (χ0v) is 17.6. The maximum atomic E-state index is 12.7. The summed E-state index contributed by atoms with van der Waals surface area (Å²) in [5.74, 6) is 0.819. The summed E-state index contributed by atoms with van der Waals surface area (Å²) in [7, 11) is 3.35. The highest BCUT2D eigenvalue weighted by Crippen LogP contribution is 2.38. The molecule has 0 bridgehead atoms. The van der Waals surface area contributed by atoms with E-state index in [1.54, 1.807) is 14.2 Å². The van der Waals surface area contributed by atoms with Gasteiger partial charge in [-0.2, -0.15) is 0 Å². The van der Waals surface area contributed by atoms with Crippen LogP contribution in [-0.2, 0) is 14.2 Å².